The molecule has 3 rings (SSSR count). The number of hydrogen-bond donors (Lipinski definition) is 1. The Labute approximate surface area is 98.4 Å². The van der Waals surface area contributed by atoms with E-state index in [1.165, 1.54) is 0 Å². The van der Waals surface area contributed by atoms with Gasteiger partial charge in [0.25, 0.3) is 0 Å². The highest BCUT2D eigenvalue weighted by molar-refractivity contribution is 5.94. The van der Waals surface area contributed by atoms with Crippen LogP contribution in [0.4, 0.5) is 0 Å². The Hall–Kier alpha value is -1.81. The number of likely N-dealkylation sites (N-methyl/N-ethyl adjacent to an activating group) is 1. The van der Waals surface area contributed by atoms with Gasteiger partial charge in [0, 0.05) is 30.5 Å². The van der Waals surface area contributed by atoms with Crippen molar-refractivity contribution < 1.29 is 14.3 Å². The van der Waals surface area contributed by atoms with Crippen LogP contribution in [0.25, 0.3) is 11.0 Å². The molecule has 17 heavy (non-hydrogen) atoms. The smallest absolute Gasteiger partial charge is 0.335 e. The molecule has 0 saturated heterocycles. The van der Waals surface area contributed by atoms with Gasteiger partial charge in [-0.3, -0.25) is 0 Å². The molecule has 2 aromatic rings. The first kappa shape index (κ1) is 10.4. The van der Waals surface area contributed by atoms with Crippen molar-refractivity contribution in [3.8, 4) is 0 Å². The number of carboxylic acid groups (broad SMARTS) is 1. The number of nitrogens with zero attached hydrogens (tertiary/aromatic N) is 1. The summed E-state index contributed by atoms with van der Waals surface area (Å²) in [6, 6.07) is 5.04. The predicted octanol–water partition coefficient (Wildman–Crippen LogP) is 2.12. The van der Waals surface area contributed by atoms with Gasteiger partial charge in [-0.05, 0) is 25.2 Å². The van der Waals surface area contributed by atoms with E-state index in [0.717, 1.165) is 41.8 Å². The average molecular weight is 231 g/mol. The van der Waals surface area contributed by atoms with Crippen LogP contribution >= 0.6 is 0 Å². The molecule has 0 atom stereocenters. The lowest BCUT2D eigenvalue weighted by atomic mass is 10.0. The van der Waals surface area contributed by atoms with E-state index >= 15 is 0 Å². The number of carbonyl (C=O) groups is 1. The van der Waals surface area contributed by atoms with Gasteiger partial charge < -0.3 is 14.4 Å². The number of aromatic carboxylic acids is 1. The lowest BCUT2D eigenvalue weighted by molar-refractivity contribution is 0.0697. The zero-order valence-electron chi connectivity index (χ0n) is 9.56. The Morgan fingerprint density at radius 2 is 2.29 bits per heavy atom. The first-order valence-corrected chi connectivity index (χ1v) is 5.61. The molecule has 1 aliphatic rings. The Morgan fingerprint density at radius 1 is 1.47 bits per heavy atom. The van der Waals surface area contributed by atoms with Gasteiger partial charge >= 0.3 is 5.97 Å². The zero-order valence-corrected chi connectivity index (χ0v) is 9.56. The summed E-state index contributed by atoms with van der Waals surface area (Å²) in [7, 11) is 2.06. The van der Waals surface area contributed by atoms with Crippen molar-refractivity contribution in [2.75, 3.05) is 13.6 Å². The van der Waals surface area contributed by atoms with Crippen LogP contribution in [0, 0.1) is 0 Å². The SMILES string of the molecule is CN1CCc2oc3ccc(C(=O)O)cc3c2C1. The molecule has 0 spiro atoms. The van der Waals surface area contributed by atoms with Crippen molar-refractivity contribution in [2.24, 2.45) is 0 Å². The molecule has 1 aromatic heterocycles. The number of furan rings is 1. The molecule has 1 N–H and O–H groups in total. The second-order valence-electron chi connectivity index (χ2n) is 4.51. The Balaban J connectivity index is 2.21. The van der Waals surface area contributed by atoms with Crippen LogP contribution in [-0.2, 0) is 13.0 Å². The van der Waals surface area contributed by atoms with Crippen molar-refractivity contribution in [3.63, 3.8) is 0 Å². The van der Waals surface area contributed by atoms with E-state index in [1.807, 2.05) is 0 Å². The van der Waals surface area contributed by atoms with Gasteiger partial charge in [-0.25, -0.2) is 4.79 Å². The van der Waals surface area contributed by atoms with Gasteiger partial charge in [-0.1, -0.05) is 0 Å². The summed E-state index contributed by atoms with van der Waals surface area (Å²) in [5.41, 5.74) is 2.24. The minimum atomic E-state index is -0.897. The fraction of sp³-hybridized carbons (Fsp3) is 0.308. The highest BCUT2D eigenvalue weighted by Gasteiger charge is 2.21. The van der Waals surface area contributed by atoms with Crippen LogP contribution in [0.3, 0.4) is 0 Å². The topological polar surface area (TPSA) is 53.7 Å². The lowest BCUT2D eigenvalue weighted by Gasteiger charge is -2.21. The van der Waals surface area contributed by atoms with Crippen LogP contribution in [0.15, 0.2) is 22.6 Å². The van der Waals surface area contributed by atoms with Crippen molar-refractivity contribution in [1.82, 2.24) is 4.90 Å². The highest BCUT2D eigenvalue weighted by Crippen LogP contribution is 2.30. The summed E-state index contributed by atoms with van der Waals surface area (Å²) in [4.78, 5) is 13.2. The molecule has 0 aliphatic carbocycles. The summed E-state index contributed by atoms with van der Waals surface area (Å²) in [5, 5.41) is 9.93. The zero-order chi connectivity index (χ0) is 12.0. The molecule has 0 fully saturated rings. The van der Waals surface area contributed by atoms with E-state index in [1.54, 1.807) is 18.2 Å². The maximum Gasteiger partial charge on any atom is 0.335 e. The molecule has 88 valence electrons. The third-order valence-electron chi connectivity index (χ3n) is 3.27. The van der Waals surface area contributed by atoms with Crippen LogP contribution in [0.5, 0.6) is 0 Å². The number of carboxylic acids is 1. The van der Waals surface area contributed by atoms with Gasteiger partial charge in [0.15, 0.2) is 0 Å². The summed E-state index contributed by atoms with van der Waals surface area (Å²) >= 11 is 0. The summed E-state index contributed by atoms with van der Waals surface area (Å²) < 4.78 is 5.75. The molecule has 2 heterocycles. The number of fused-ring (bicyclic) bond motifs is 3. The first-order chi connectivity index (χ1) is 8.15. The Morgan fingerprint density at radius 3 is 3.06 bits per heavy atom. The van der Waals surface area contributed by atoms with E-state index in [-0.39, 0.29) is 0 Å². The normalized spacial score (nSPS) is 16.1. The second-order valence-corrected chi connectivity index (χ2v) is 4.51. The quantitative estimate of drug-likeness (QED) is 0.816. The summed E-state index contributed by atoms with van der Waals surface area (Å²) in [5.74, 6) is 0.103. The van der Waals surface area contributed by atoms with Crippen LogP contribution in [-0.4, -0.2) is 29.6 Å². The largest absolute Gasteiger partial charge is 0.478 e. The third-order valence-corrected chi connectivity index (χ3v) is 3.27. The number of rotatable bonds is 1. The van der Waals surface area contributed by atoms with Crippen molar-refractivity contribution in [3.05, 3.63) is 35.1 Å². The fourth-order valence-corrected chi connectivity index (χ4v) is 2.35. The third kappa shape index (κ3) is 1.61. The van der Waals surface area contributed by atoms with Crippen molar-refractivity contribution in [2.45, 2.75) is 13.0 Å². The molecule has 0 radical (unpaired) electrons. The molecule has 0 amide bonds. The first-order valence-electron chi connectivity index (χ1n) is 5.61. The van der Waals surface area contributed by atoms with Gasteiger partial charge in [0.1, 0.15) is 11.3 Å². The van der Waals surface area contributed by atoms with Gasteiger partial charge in [-0.15, -0.1) is 0 Å². The molecule has 1 aromatic carbocycles. The minimum Gasteiger partial charge on any atom is -0.478 e. The fourth-order valence-electron chi connectivity index (χ4n) is 2.35. The molecule has 0 unspecified atom stereocenters. The van der Waals surface area contributed by atoms with Crippen LogP contribution in [0.2, 0.25) is 0 Å². The predicted molar refractivity (Wildman–Crippen MR) is 63.2 cm³/mol. The van der Waals surface area contributed by atoms with Crippen LogP contribution in [0.1, 0.15) is 21.7 Å². The molecule has 1 aliphatic heterocycles. The molecule has 0 bridgehead atoms. The van der Waals surface area contributed by atoms with Crippen molar-refractivity contribution >= 4 is 16.9 Å². The molecule has 4 nitrogen and oxygen atoms in total. The van der Waals surface area contributed by atoms with E-state index in [0.29, 0.717) is 5.56 Å². The summed E-state index contributed by atoms with van der Waals surface area (Å²) in [6.07, 6.45) is 0.892. The van der Waals surface area contributed by atoms with Gasteiger partial charge in [0.2, 0.25) is 0 Å². The maximum atomic E-state index is 11.0. The van der Waals surface area contributed by atoms with Crippen LogP contribution < -0.4 is 0 Å². The standard InChI is InChI=1S/C13H13NO3/c1-14-5-4-12-10(7-14)9-6-8(13(15)16)2-3-11(9)17-12/h2-3,6H,4-5,7H2,1H3,(H,15,16). The monoisotopic (exact) mass is 231 g/mol. The van der Waals surface area contributed by atoms with E-state index in [9.17, 15) is 4.79 Å². The van der Waals surface area contributed by atoms with E-state index in [2.05, 4.69) is 11.9 Å². The maximum absolute atomic E-state index is 11.0. The highest BCUT2D eigenvalue weighted by atomic mass is 16.4. The molecular weight excluding hydrogens is 218 g/mol. The van der Waals surface area contributed by atoms with Gasteiger partial charge in [-0.2, -0.15) is 0 Å². The van der Waals surface area contributed by atoms with E-state index in [4.69, 9.17) is 9.52 Å². The van der Waals surface area contributed by atoms with Gasteiger partial charge in [0.05, 0.1) is 5.56 Å². The van der Waals surface area contributed by atoms with E-state index < -0.39 is 5.97 Å². The second kappa shape index (κ2) is 3.60. The average Bonchev–Trinajstić information content (AvgIpc) is 2.66. The Bertz CT molecular complexity index is 600. The Kier molecular flexibility index (Phi) is 2.19. The number of benzene rings is 1. The molecular formula is C13H13NO3. The molecule has 4 heteroatoms. The minimum absolute atomic E-state index is 0.314. The summed E-state index contributed by atoms with van der Waals surface area (Å²) in [6.45, 7) is 1.81. The lowest BCUT2D eigenvalue weighted by Crippen LogP contribution is -2.25. The van der Waals surface area contributed by atoms with Crippen molar-refractivity contribution in [1.29, 1.82) is 0 Å². The number of hydrogen-bond acceptors (Lipinski definition) is 3. The molecule has 0 saturated carbocycles.